The molecule has 0 spiro atoms. The summed E-state index contributed by atoms with van der Waals surface area (Å²) >= 11 is 1.62. The maximum atomic E-state index is 12.2. The molecule has 1 aromatic heterocycles. The third kappa shape index (κ3) is 5.05. The molecule has 1 fully saturated rings. The molecule has 0 radical (unpaired) electrons. The predicted octanol–water partition coefficient (Wildman–Crippen LogP) is 1.91. The van der Waals surface area contributed by atoms with Crippen LogP contribution in [0.4, 0.5) is 0 Å². The van der Waals surface area contributed by atoms with Gasteiger partial charge in [0.15, 0.2) is 0 Å². The SMILES string of the molecule is Cc1csc(CN(C)C(=O)CC[C@H](C)N2CCOCC2)n1. The Kier molecular flexibility index (Phi) is 6.14. The van der Waals surface area contributed by atoms with Crippen molar-refractivity contribution >= 4 is 17.2 Å². The summed E-state index contributed by atoms with van der Waals surface area (Å²) in [5.74, 6) is 0.197. The van der Waals surface area contributed by atoms with Gasteiger partial charge in [0.05, 0.1) is 19.8 Å². The normalized spacial score (nSPS) is 17.7. The molecule has 6 heteroatoms. The molecule has 1 atom stereocenters. The standard InChI is InChI=1S/C15H25N3O2S/c1-12-11-21-14(16-12)10-17(3)15(19)5-4-13(2)18-6-8-20-9-7-18/h11,13H,4-10H2,1-3H3/t13-/m0/s1. The molecule has 1 amide bonds. The van der Waals surface area contributed by atoms with Crippen molar-refractivity contribution < 1.29 is 9.53 Å². The Morgan fingerprint density at radius 2 is 2.24 bits per heavy atom. The van der Waals surface area contributed by atoms with E-state index in [0.29, 0.717) is 19.0 Å². The van der Waals surface area contributed by atoms with E-state index in [1.165, 1.54) is 0 Å². The number of rotatable bonds is 6. The molecular formula is C15H25N3O2S. The number of amides is 1. The zero-order chi connectivity index (χ0) is 15.2. The molecule has 1 aliphatic rings. The van der Waals surface area contributed by atoms with E-state index in [1.807, 2.05) is 19.4 Å². The summed E-state index contributed by atoms with van der Waals surface area (Å²) in [6.45, 7) is 8.36. The van der Waals surface area contributed by atoms with Crippen LogP contribution >= 0.6 is 11.3 Å². The van der Waals surface area contributed by atoms with Crippen molar-refractivity contribution in [2.24, 2.45) is 0 Å². The first-order chi connectivity index (χ1) is 10.1. The lowest BCUT2D eigenvalue weighted by Crippen LogP contribution is -2.42. The van der Waals surface area contributed by atoms with Gasteiger partial charge in [0.2, 0.25) is 5.91 Å². The molecule has 2 heterocycles. The van der Waals surface area contributed by atoms with Gasteiger partial charge in [-0.15, -0.1) is 11.3 Å². The molecule has 1 saturated heterocycles. The number of carbonyl (C=O) groups excluding carboxylic acids is 1. The average molecular weight is 311 g/mol. The van der Waals surface area contributed by atoms with Crippen LogP contribution in [-0.4, -0.2) is 60.1 Å². The summed E-state index contributed by atoms with van der Waals surface area (Å²) in [5, 5.41) is 3.03. The van der Waals surface area contributed by atoms with Crippen LogP contribution in [-0.2, 0) is 16.1 Å². The second kappa shape index (κ2) is 7.87. The fraction of sp³-hybridized carbons (Fsp3) is 0.733. The molecular weight excluding hydrogens is 286 g/mol. The number of thiazole rings is 1. The van der Waals surface area contributed by atoms with Crippen molar-refractivity contribution in [1.29, 1.82) is 0 Å². The summed E-state index contributed by atoms with van der Waals surface area (Å²) in [6.07, 6.45) is 1.50. The van der Waals surface area contributed by atoms with E-state index in [-0.39, 0.29) is 5.91 Å². The third-order valence-corrected chi connectivity index (χ3v) is 4.86. The van der Waals surface area contributed by atoms with Gasteiger partial charge in [0.25, 0.3) is 0 Å². The molecule has 1 aromatic rings. The van der Waals surface area contributed by atoms with E-state index in [1.54, 1.807) is 16.2 Å². The molecule has 0 bridgehead atoms. The molecule has 0 saturated carbocycles. The van der Waals surface area contributed by atoms with Crippen molar-refractivity contribution in [2.45, 2.75) is 39.3 Å². The fourth-order valence-electron chi connectivity index (χ4n) is 2.49. The minimum atomic E-state index is 0.197. The van der Waals surface area contributed by atoms with E-state index in [9.17, 15) is 4.79 Å². The lowest BCUT2D eigenvalue weighted by atomic mass is 10.1. The summed E-state index contributed by atoms with van der Waals surface area (Å²) < 4.78 is 5.36. The maximum absolute atomic E-state index is 12.2. The highest BCUT2D eigenvalue weighted by molar-refractivity contribution is 7.09. The lowest BCUT2D eigenvalue weighted by molar-refractivity contribution is -0.130. The van der Waals surface area contributed by atoms with Crippen LogP contribution in [0.25, 0.3) is 0 Å². The van der Waals surface area contributed by atoms with Crippen molar-refractivity contribution in [3.05, 3.63) is 16.1 Å². The molecule has 2 rings (SSSR count). The van der Waals surface area contributed by atoms with Gasteiger partial charge in [-0.3, -0.25) is 9.69 Å². The smallest absolute Gasteiger partial charge is 0.222 e. The Bertz CT molecular complexity index is 458. The molecule has 0 aliphatic carbocycles. The van der Waals surface area contributed by atoms with Gasteiger partial charge in [0.1, 0.15) is 5.01 Å². The van der Waals surface area contributed by atoms with Crippen LogP contribution in [0.1, 0.15) is 30.5 Å². The monoisotopic (exact) mass is 311 g/mol. The number of aromatic nitrogens is 1. The quantitative estimate of drug-likeness (QED) is 0.805. The van der Waals surface area contributed by atoms with Crippen LogP contribution in [0.15, 0.2) is 5.38 Å². The molecule has 0 unspecified atom stereocenters. The van der Waals surface area contributed by atoms with Crippen LogP contribution in [0.3, 0.4) is 0 Å². The van der Waals surface area contributed by atoms with Crippen molar-refractivity contribution in [3.8, 4) is 0 Å². The minimum absolute atomic E-state index is 0.197. The Hall–Kier alpha value is -0.980. The summed E-state index contributed by atoms with van der Waals surface area (Å²) in [7, 11) is 1.86. The highest BCUT2D eigenvalue weighted by Crippen LogP contribution is 2.13. The van der Waals surface area contributed by atoms with Gasteiger partial charge < -0.3 is 9.64 Å². The van der Waals surface area contributed by atoms with Crippen LogP contribution in [0.2, 0.25) is 0 Å². The largest absolute Gasteiger partial charge is 0.379 e. The molecule has 0 aromatic carbocycles. The van der Waals surface area contributed by atoms with Gasteiger partial charge in [0, 0.05) is 43.7 Å². The number of carbonyl (C=O) groups is 1. The van der Waals surface area contributed by atoms with Gasteiger partial charge in [-0.25, -0.2) is 4.98 Å². The third-order valence-electron chi connectivity index (χ3n) is 3.91. The lowest BCUT2D eigenvalue weighted by Gasteiger charge is -2.32. The molecule has 118 valence electrons. The number of ether oxygens (including phenoxy) is 1. The van der Waals surface area contributed by atoms with E-state index in [0.717, 1.165) is 43.4 Å². The van der Waals surface area contributed by atoms with Crippen molar-refractivity contribution in [3.63, 3.8) is 0 Å². The van der Waals surface area contributed by atoms with Crippen molar-refractivity contribution in [1.82, 2.24) is 14.8 Å². The first-order valence-electron chi connectivity index (χ1n) is 7.53. The van der Waals surface area contributed by atoms with Gasteiger partial charge in [-0.1, -0.05) is 0 Å². The number of aryl methyl sites for hydroxylation is 1. The van der Waals surface area contributed by atoms with Crippen LogP contribution in [0.5, 0.6) is 0 Å². The van der Waals surface area contributed by atoms with Gasteiger partial charge in [-0.05, 0) is 20.3 Å². The highest BCUT2D eigenvalue weighted by atomic mass is 32.1. The number of morpholine rings is 1. The zero-order valence-corrected chi connectivity index (χ0v) is 14.0. The van der Waals surface area contributed by atoms with E-state index >= 15 is 0 Å². The Labute approximate surface area is 130 Å². The summed E-state index contributed by atoms with van der Waals surface area (Å²) in [4.78, 5) is 20.8. The number of hydrogen-bond donors (Lipinski definition) is 0. The molecule has 0 N–H and O–H groups in total. The predicted molar refractivity (Wildman–Crippen MR) is 84.4 cm³/mol. The van der Waals surface area contributed by atoms with Gasteiger partial charge >= 0.3 is 0 Å². The highest BCUT2D eigenvalue weighted by Gasteiger charge is 2.19. The summed E-state index contributed by atoms with van der Waals surface area (Å²) in [5.41, 5.74) is 1.02. The first kappa shape index (κ1) is 16.4. The number of nitrogens with zero attached hydrogens (tertiary/aromatic N) is 3. The topological polar surface area (TPSA) is 45.7 Å². The first-order valence-corrected chi connectivity index (χ1v) is 8.41. The Morgan fingerprint density at radius 3 is 2.86 bits per heavy atom. The Morgan fingerprint density at radius 1 is 1.52 bits per heavy atom. The van der Waals surface area contributed by atoms with Crippen LogP contribution in [0, 0.1) is 6.92 Å². The molecule has 21 heavy (non-hydrogen) atoms. The number of hydrogen-bond acceptors (Lipinski definition) is 5. The van der Waals surface area contributed by atoms with Crippen molar-refractivity contribution in [2.75, 3.05) is 33.4 Å². The molecule has 5 nitrogen and oxygen atoms in total. The zero-order valence-electron chi connectivity index (χ0n) is 13.2. The van der Waals surface area contributed by atoms with E-state index in [4.69, 9.17) is 4.74 Å². The van der Waals surface area contributed by atoms with Crippen LogP contribution < -0.4 is 0 Å². The second-order valence-corrected chi connectivity index (χ2v) is 6.61. The fourth-order valence-corrected chi connectivity index (χ4v) is 3.31. The summed E-state index contributed by atoms with van der Waals surface area (Å²) in [6, 6.07) is 0.438. The minimum Gasteiger partial charge on any atom is -0.379 e. The van der Waals surface area contributed by atoms with E-state index in [2.05, 4.69) is 16.8 Å². The molecule has 1 aliphatic heterocycles. The Balaban J connectivity index is 1.72. The van der Waals surface area contributed by atoms with E-state index < -0.39 is 0 Å². The maximum Gasteiger partial charge on any atom is 0.222 e. The average Bonchev–Trinajstić information content (AvgIpc) is 2.90. The van der Waals surface area contributed by atoms with Gasteiger partial charge in [-0.2, -0.15) is 0 Å². The second-order valence-electron chi connectivity index (χ2n) is 5.67.